The Morgan fingerprint density at radius 1 is 0.944 bits per heavy atom. The molecule has 0 bridgehead atoms. The normalized spacial score (nSPS) is 10.7. The van der Waals surface area contributed by atoms with Crippen LogP contribution in [0.3, 0.4) is 0 Å². The van der Waals surface area contributed by atoms with Gasteiger partial charge in [0.2, 0.25) is 0 Å². The molecule has 3 N–H and O–H groups in total. The Morgan fingerprint density at radius 3 is 2.50 bits per heavy atom. The first kappa shape index (κ1) is 15.4. The third-order valence-corrected chi connectivity index (χ3v) is 3.38. The summed E-state index contributed by atoms with van der Waals surface area (Å²) in [5, 5.41) is 5.87. The van der Waals surface area contributed by atoms with Gasteiger partial charge in [-0.1, -0.05) is 55.6 Å². The lowest BCUT2D eigenvalue weighted by atomic mass is 10.2. The van der Waals surface area contributed by atoms with E-state index in [-0.39, 0.29) is 0 Å². The maximum atomic E-state index is 3.51. The van der Waals surface area contributed by atoms with Crippen molar-refractivity contribution in [2.75, 3.05) is 19.6 Å². The van der Waals surface area contributed by atoms with Gasteiger partial charge in [-0.2, -0.15) is 0 Å². The molecule has 0 unspecified atom stereocenters. The third-order valence-electron chi connectivity index (χ3n) is 3.03. The molecule has 0 aliphatic heterocycles. The highest BCUT2D eigenvalue weighted by Gasteiger charge is 1.94. The van der Waals surface area contributed by atoms with Gasteiger partial charge in [0, 0.05) is 22.4 Å². The lowest BCUT2D eigenvalue weighted by Crippen LogP contribution is -2.84. The molecular weight excluding hydrogens is 236 g/mol. The molecule has 99 valence electrons. The maximum absolute atomic E-state index is 3.51. The number of quaternary nitrogens is 1. The van der Waals surface area contributed by atoms with Gasteiger partial charge in [0.25, 0.3) is 0 Å². The lowest BCUT2D eigenvalue weighted by Gasteiger charge is -2.04. The molecule has 1 rings (SSSR count). The van der Waals surface area contributed by atoms with E-state index in [1.54, 1.807) is 0 Å². The highest BCUT2D eigenvalue weighted by Crippen LogP contribution is 2.00. The molecule has 0 heterocycles. The first-order valence-electron chi connectivity index (χ1n) is 7.14. The minimum Gasteiger partial charge on any atom is -0.341 e. The van der Waals surface area contributed by atoms with E-state index in [4.69, 9.17) is 0 Å². The predicted octanol–water partition coefficient (Wildman–Crippen LogP) is 1.49. The summed E-state index contributed by atoms with van der Waals surface area (Å²) >= 11 is 0. The van der Waals surface area contributed by atoms with Crippen LogP contribution >= 0.6 is 0 Å². The van der Waals surface area contributed by atoms with Crippen LogP contribution in [0, 0.1) is 0 Å². The van der Waals surface area contributed by atoms with E-state index in [1.807, 2.05) is 0 Å². The molecule has 1 aromatic carbocycles. The van der Waals surface area contributed by atoms with Crippen molar-refractivity contribution >= 4 is 10.2 Å². The van der Waals surface area contributed by atoms with Crippen molar-refractivity contribution in [1.29, 1.82) is 0 Å². The van der Waals surface area contributed by atoms with E-state index in [1.165, 1.54) is 37.8 Å². The zero-order valence-corrected chi connectivity index (χ0v) is 12.3. The number of hydrogen-bond donors (Lipinski definition) is 2. The van der Waals surface area contributed by atoms with E-state index in [0.717, 1.165) is 25.7 Å². The van der Waals surface area contributed by atoms with Gasteiger partial charge < -0.3 is 10.6 Å². The van der Waals surface area contributed by atoms with Gasteiger partial charge in [-0.25, -0.2) is 0 Å². The fourth-order valence-electron chi connectivity index (χ4n) is 1.94. The summed E-state index contributed by atoms with van der Waals surface area (Å²) < 4.78 is 0. The standard InChI is InChI=1S/C15H25N2Si/c18-13-7-2-1-6-10-16-11-12-17-14-15-8-4-3-5-9-15/h3-5,8-9,16-17H,1-2,6-7,10-14H2/p+1. The Kier molecular flexibility index (Phi) is 9.80. The van der Waals surface area contributed by atoms with Crippen LogP contribution in [0.4, 0.5) is 0 Å². The number of benzene rings is 1. The molecule has 0 amide bonds. The second kappa shape index (κ2) is 11.4. The molecule has 0 fully saturated rings. The average Bonchev–Trinajstić information content (AvgIpc) is 2.42. The fourth-order valence-corrected chi connectivity index (χ4v) is 2.19. The number of unbranched alkanes of at least 4 members (excludes halogenated alkanes) is 3. The van der Waals surface area contributed by atoms with Crippen molar-refractivity contribution < 1.29 is 5.32 Å². The molecule has 3 radical (unpaired) electrons. The molecule has 18 heavy (non-hydrogen) atoms. The van der Waals surface area contributed by atoms with Crippen LogP contribution in [0.1, 0.15) is 31.2 Å². The maximum Gasteiger partial charge on any atom is 0.101 e. The molecule has 2 nitrogen and oxygen atoms in total. The van der Waals surface area contributed by atoms with Crippen LogP contribution in [0.2, 0.25) is 6.04 Å². The lowest BCUT2D eigenvalue weighted by molar-refractivity contribution is -0.668. The van der Waals surface area contributed by atoms with Gasteiger partial charge in [-0.15, -0.1) is 0 Å². The Morgan fingerprint density at radius 2 is 1.72 bits per heavy atom. The summed E-state index contributed by atoms with van der Waals surface area (Å²) in [6.07, 6.45) is 5.32. The minimum atomic E-state index is 1.09. The van der Waals surface area contributed by atoms with Crippen LogP contribution < -0.4 is 10.6 Å². The zero-order valence-electron chi connectivity index (χ0n) is 11.3. The average molecular weight is 262 g/mol. The van der Waals surface area contributed by atoms with Gasteiger partial charge >= 0.3 is 0 Å². The molecule has 0 spiro atoms. The molecule has 0 aromatic heterocycles. The Balaban J connectivity index is 1.82. The highest BCUT2D eigenvalue weighted by molar-refractivity contribution is 6.08. The van der Waals surface area contributed by atoms with Crippen LogP contribution in [-0.2, 0) is 6.54 Å². The van der Waals surface area contributed by atoms with Gasteiger partial charge in [0.15, 0.2) is 0 Å². The first-order chi connectivity index (χ1) is 8.93. The van der Waals surface area contributed by atoms with E-state index in [0.29, 0.717) is 0 Å². The van der Waals surface area contributed by atoms with E-state index in [2.05, 4.69) is 51.2 Å². The number of nitrogens with one attached hydrogen (secondary N) is 1. The van der Waals surface area contributed by atoms with E-state index in [9.17, 15) is 0 Å². The minimum absolute atomic E-state index is 1.09. The second-order valence-corrected chi connectivity index (χ2v) is 5.18. The topological polar surface area (TPSA) is 28.6 Å². The van der Waals surface area contributed by atoms with Crippen molar-refractivity contribution in [3.8, 4) is 0 Å². The van der Waals surface area contributed by atoms with Crippen LogP contribution in [0.15, 0.2) is 30.3 Å². The molecule has 0 aliphatic rings. The Hall–Kier alpha value is -0.643. The second-order valence-electron chi connectivity index (χ2n) is 4.68. The number of hydrogen-bond acceptors (Lipinski definition) is 1. The smallest absolute Gasteiger partial charge is 0.101 e. The molecule has 3 heteroatoms. The van der Waals surface area contributed by atoms with Gasteiger partial charge in [-0.05, 0) is 13.0 Å². The summed E-state index contributed by atoms with van der Waals surface area (Å²) in [5.41, 5.74) is 1.41. The van der Waals surface area contributed by atoms with E-state index < -0.39 is 0 Å². The van der Waals surface area contributed by atoms with Crippen molar-refractivity contribution in [2.24, 2.45) is 0 Å². The molecule has 0 atom stereocenters. The number of nitrogens with two attached hydrogens (primary N) is 1. The van der Waals surface area contributed by atoms with Crippen LogP contribution in [0.25, 0.3) is 0 Å². The van der Waals surface area contributed by atoms with E-state index >= 15 is 0 Å². The summed E-state index contributed by atoms with van der Waals surface area (Å²) in [6, 6.07) is 11.8. The summed E-state index contributed by atoms with van der Waals surface area (Å²) in [5.74, 6) is 0. The predicted molar refractivity (Wildman–Crippen MR) is 78.8 cm³/mol. The SMILES string of the molecule is [Si]CCCCCCNCC[NH2+]Cc1ccccc1. The molecule has 0 saturated heterocycles. The molecule has 0 saturated carbocycles. The molecule has 1 aromatic rings. The summed E-state index contributed by atoms with van der Waals surface area (Å²) in [6.45, 7) is 4.54. The zero-order chi connectivity index (χ0) is 12.9. The monoisotopic (exact) mass is 262 g/mol. The molecule has 0 aliphatic carbocycles. The summed E-state index contributed by atoms with van der Waals surface area (Å²) in [4.78, 5) is 0. The fraction of sp³-hybridized carbons (Fsp3) is 0.600. The van der Waals surface area contributed by atoms with Gasteiger partial charge in [0.1, 0.15) is 6.54 Å². The Labute approximate surface area is 115 Å². The van der Waals surface area contributed by atoms with Gasteiger partial charge in [0.05, 0.1) is 6.54 Å². The summed E-state index contributed by atoms with van der Waals surface area (Å²) in [7, 11) is 3.50. The third kappa shape index (κ3) is 8.45. The van der Waals surface area contributed by atoms with Crippen molar-refractivity contribution in [3.63, 3.8) is 0 Å². The quantitative estimate of drug-likeness (QED) is 0.459. The van der Waals surface area contributed by atoms with Crippen molar-refractivity contribution in [3.05, 3.63) is 35.9 Å². The van der Waals surface area contributed by atoms with Crippen LogP contribution in [0.5, 0.6) is 0 Å². The molecular formula is C15H26N2Si+. The largest absolute Gasteiger partial charge is 0.341 e. The van der Waals surface area contributed by atoms with Crippen molar-refractivity contribution in [1.82, 2.24) is 5.32 Å². The van der Waals surface area contributed by atoms with Crippen molar-refractivity contribution in [2.45, 2.75) is 38.3 Å². The van der Waals surface area contributed by atoms with Crippen LogP contribution in [-0.4, -0.2) is 29.9 Å². The van der Waals surface area contributed by atoms with Gasteiger partial charge in [-0.3, -0.25) is 0 Å². The highest BCUT2D eigenvalue weighted by atomic mass is 28.1. The number of rotatable bonds is 11. The first-order valence-corrected chi connectivity index (χ1v) is 7.85. The Bertz CT molecular complexity index is 277.